The summed E-state index contributed by atoms with van der Waals surface area (Å²) in [5.41, 5.74) is 2.47. The lowest BCUT2D eigenvalue weighted by Gasteiger charge is -2.33. The summed E-state index contributed by atoms with van der Waals surface area (Å²) in [4.78, 5) is 17.0. The van der Waals surface area contributed by atoms with Crippen LogP contribution in [0.25, 0.3) is 10.9 Å². The number of nitrogens with one attached hydrogen (secondary N) is 1. The van der Waals surface area contributed by atoms with Crippen molar-refractivity contribution in [2.45, 2.75) is 44.6 Å². The van der Waals surface area contributed by atoms with E-state index >= 15 is 0 Å². The van der Waals surface area contributed by atoms with Crippen molar-refractivity contribution < 1.29 is 9.18 Å². The van der Waals surface area contributed by atoms with Gasteiger partial charge in [-0.1, -0.05) is 23.2 Å². The Labute approximate surface area is 185 Å². The molecule has 0 aliphatic heterocycles. The number of nitrogens with zero attached hydrogens (tertiary/aromatic N) is 1. The molecule has 4 rings (SSSR count). The molecule has 1 fully saturated rings. The van der Waals surface area contributed by atoms with Gasteiger partial charge in [0.25, 0.3) is 5.91 Å². The minimum atomic E-state index is -0.233. The summed E-state index contributed by atoms with van der Waals surface area (Å²) >= 11 is 12.0. The van der Waals surface area contributed by atoms with Crippen molar-refractivity contribution in [2.75, 3.05) is 0 Å². The highest BCUT2D eigenvalue weighted by molar-refractivity contribution is 6.35. The molecule has 1 heterocycles. The van der Waals surface area contributed by atoms with Crippen molar-refractivity contribution in [3.8, 4) is 0 Å². The maximum absolute atomic E-state index is 13.8. The van der Waals surface area contributed by atoms with Gasteiger partial charge in [-0.3, -0.25) is 9.78 Å². The van der Waals surface area contributed by atoms with Crippen LogP contribution in [0, 0.1) is 11.7 Å². The number of amides is 1. The van der Waals surface area contributed by atoms with Gasteiger partial charge in [-0.25, -0.2) is 4.39 Å². The molecule has 156 valence electrons. The molecule has 0 spiro atoms. The highest BCUT2D eigenvalue weighted by Gasteiger charge is 2.28. The minimum absolute atomic E-state index is 0.0443. The maximum atomic E-state index is 13.8. The Hall–Kier alpha value is -2.17. The number of aromatic nitrogens is 1. The van der Waals surface area contributed by atoms with Gasteiger partial charge >= 0.3 is 0 Å². The van der Waals surface area contributed by atoms with Gasteiger partial charge in [-0.15, -0.1) is 0 Å². The molecule has 0 bridgehead atoms. The lowest BCUT2D eigenvalue weighted by Crippen LogP contribution is -2.39. The van der Waals surface area contributed by atoms with Crippen LogP contribution >= 0.6 is 23.2 Å². The number of hydrogen-bond acceptors (Lipinski definition) is 2. The lowest BCUT2D eigenvalue weighted by atomic mass is 9.75. The van der Waals surface area contributed by atoms with Gasteiger partial charge in [0, 0.05) is 33.2 Å². The Morgan fingerprint density at radius 2 is 1.77 bits per heavy atom. The summed E-state index contributed by atoms with van der Waals surface area (Å²) in [6.45, 7) is 2.05. The molecule has 0 radical (unpaired) electrons. The van der Waals surface area contributed by atoms with Crippen molar-refractivity contribution >= 4 is 40.0 Å². The molecule has 1 aliphatic rings. The Morgan fingerprint density at radius 1 is 1.07 bits per heavy atom. The monoisotopic (exact) mass is 444 g/mol. The second-order valence-corrected chi connectivity index (χ2v) is 8.97. The molecule has 1 amide bonds. The van der Waals surface area contributed by atoms with E-state index in [9.17, 15) is 9.18 Å². The van der Waals surface area contributed by atoms with Crippen molar-refractivity contribution in [3.63, 3.8) is 0 Å². The summed E-state index contributed by atoms with van der Waals surface area (Å²) in [6.07, 6.45) is 5.82. The number of halogens is 3. The number of carbonyl (C=O) groups is 1. The standard InChI is InChI=1S/C24H23Cl2FN2O/c1-14(29-24(30)17-10-18(25)12-19(26)11-17)15-2-4-16(5-3-15)21-8-9-28-23-7-6-20(27)13-22(21)23/h6-16H,2-5H2,1H3,(H,29,30)/t14-,15?,16?/m1/s1. The summed E-state index contributed by atoms with van der Waals surface area (Å²) in [6, 6.07) is 11.7. The Balaban J connectivity index is 1.41. The first kappa shape index (κ1) is 21.1. The quantitative estimate of drug-likeness (QED) is 0.481. The fraction of sp³-hybridized carbons (Fsp3) is 0.333. The zero-order chi connectivity index (χ0) is 21.3. The number of carbonyl (C=O) groups excluding carboxylic acids is 1. The van der Waals surface area contributed by atoms with Gasteiger partial charge in [0.05, 0.1) is 5.52 Å². The van der Waals surface area contributed by atoms with Crippen molar-refractivity contribution in [3.05, 3.63) is 75.7 Å². The second-order valence-electron chi connectivity index (χ2n) is 8.09. The normalized spacial score (nSPS) is 20.1. The van der Waals surface area contributed by atoms with Gasteiger partial charge in [0.1, 0.15) is 5.82 Å². The lowest BCUT2D eigenvalue weighted by molar-refractivity contribution is 0.0918. The van der Waals surface area contributed by atoms with E-state index in [2.05, 4.69) is 10.3 Å². The fourth-order valence-electron chi connectivity index (χ4n) is 4.52. The third-order valence-corrected chi connectivity index (χ3v) is 6.58. The number of hydrogen-bond donors (Lipinski definition) is 1. The third kappa shape index (κ3) is 4.60. The van der Waals surface area contributed by atoms with E-state index in [-0.39, 0.29) is 17.8 Å². The SMILES string of the molecule is C[C@@H](NC(=O)c1cc(Cl)cc(Cl)c1)C1CCC(c2ccnc3ccc(F)cc23)CC1. The van der Waals surface area contributed by atoms with E-state index in [1.807, 2.05) is 13.0 Å². The molecule has 3 aromatic rings. The molecule has 1 N–H and O–H groups in total. The minimum Gasteiger partial charge on any atom is -0.349 e. The predicted molar refractivity (Wildman–Crippen MR) is 120 cm³/mol. The summed E-state index contributed by atoms with van der Waals surface area (Å²) in [5, 5.41) is 4.89. The van der Waals surface area contributed by atoms with E-state index in [1.165, 1.54) is 11.6 Å². The van der Waals surface area contributed by atoms with Crippen LogP contribution in [-0.2, 0) is 0 Å². The van der Waals surface area contributed by atoms with Crippen LogP contribution in [0.3, 0.4) is 0 Å². The Morgan fingerprint density at radius 3 is 2.47 bits per heavy atom. The van der Waals surface area contributed by atoms with Crippen LogP contribution in [0.15, 0.2) is 48.7 Å². The van der Waals surface area contributed by atoms with E-state index in [1.54, 1.807) is 36.5 Å². The third-order valence-electron chi connectivity index (χ3n) is 6.14. The molecular weight excluding hydrogens is 422 g/mol. The maximum Gasteiger partial charge on any atom is 0.251 e. The largest absolute Gasteiger partial charge is 0.349 e. The van der Waals surface area contributed by atoms with Gasteiger partial charge in [-0.2, -0.15) is 0 Å². The number of fused-ring (bicyclic) bond motifs is 1. The first-order chi connectivity index (χ1) is 14.4. The highest BCUT2D eigenvalue weighted by Crippen LogP contribution is 2.39. The first-order valence-corrected chi connectivity index (χ1v) is 11.0. The van der Waals surface area contributed by atoms with Gasteiger partial charge in [0.15, 0.2) is 0 Å². The molecule has 1 aliphatic carbocycles. The van der Waals surface area contributed by atoms with Crippen molar-refractivity contribution in [1.82, 2.24) is 10.3 Å². The first-order valence-electron chi connectivity index (χ1n) is 10.2. The zero-order valence-corrected chi connectivity index (χ0v) is 18.2. The van der Waals surface area contributed by atoms with Crippen LogP contribution in [0.1, 0.15) is 54.4 Å². The van der Waals surface area contributed by atoms with Crippen LogP contribution in [0.5, 0.6) is 0 Å². The predicted octanol–water partition coefficient (Wildman–Crippen LogP) is 6.77. The van der Waals surface area contributed by atoms with Gasteiger partial charge in [-0.05, 0) is 92.5 Å². The average molecular weight is 445 g/mol. The smallest absolute Gasteiger partial charge is 0.251 e. The van der Waals surface area contributed by atoms with Gasteiger partial charge in [0.2, 0.25) is 0 Å². The van der Waals surface area contributed by atoms with E-state index in [0.717, 1.165) is 36.6 Å². The summed E-state index contributed by atoms with van der Waals surface area (Å²) in [7, 11) is 0. The van der Waals surface area contributed by atoms with Crippen LogP contribution < -0.4 is 5.32 Å². The second kappa shape index (κ2) is 8.91. The number of benzene rings is 2. The van der Waals surface area contributed by atoms with Crippen LogP contribution in [0.4, 0.5) is 4.39 Å². The summed E-state index contributed by atoms with van der Waals surface area (Å²) in [5.74, 6) is 0.375. The molecule has 1 saturated carbocycles. The highest BCUT2D eigenvalue weighted by atomic mass is 35.5. The number of pyridine rings is 1. The molecule has 30 heavy (non-hydrogen) atoms. The molecule has 0 unspecified atom stereocenters. The molecule has 2 aromatic carbocycles. The van der Waals surface area contributed by atoms with E-state index in [4.69, 9.17) is 23.2 Å². The molecule has 6 heteroatoms. The molecule has 1 atom stereocenters. The fourth-order valence-corrected chi connectivity index (χ4v) is 5.04. The van der Waals surface area contributed by atoms with Gasteiger partial charge < -0.3 is 5.32 Å². The van der Waals surface area contributed by atoms with Crippen molar-refractivity contribution in [2.24, 2.45) is 5.92 Å². The van der Waals surface area contributed by atoms with Crippen molar-refractivity contribution in [1.29, 1.82) is 0 Å². The average Bonchev–Trinajstić information content (AvgIpc) is 2.72. The molecule has 3 nitrogen and oxygen atoms in total. The topological polar surface area (TPSA) is 42.0 Å². The molecule has 1 aromatic heterocycles. The van der Waals surface area contributed by atoms with E-state index < -0.39 is 0 Å². The molecular formula is C24H23Cl2FN2O. The van der Waals surface area contributed by atoms with Crippen LogP contribution in [-0.4, -0.2) is 16.9 Å². The van der Waals surface area contributed by atoms with Crippen LogP contribution in [0.2, 0.25) is 10.0 Å². The number of rotatable bonds is 4. The van der Waals surface area contributed by atoms with E-state index in [0.29, 0.717) is 27.4 Å². The molecule has 0 saturated heterocycles. The Kier molecular flexibility index (Phi) is 6.26. The Bertz CT molecular complexity index is 1060. The summed E-state index contributed by atoms with van der Waals surface area (Å²) < 4.78 is 13.8. The zero-order valence-electron chi connectivity index (χ0n) is 16.7.